The zero-order valence-electron chi connectivity index (χ0n) is 21.7. The molecule has 0 atom stereocenters. The molecular formula is C30H39N5O. The molecule has 1 saturated carbocycles. The predicted molar refractivity (Wildman–Crippen MR) is 146 cm³/mol. The van der Waals surface area contributed by atoms with Crippen LogP contribution in [0.2, 0.25) is 0 Å². The Balaban J connectivity index is 1.60. The zero-order chi connectivity index (χ0) is 25.1. The highest BCUT2D eigenvalue weighted by atomic mass is 16.2. The van der Waals surface area contributed by atoms with Crippen LogP contribution in [0.3, 0.4) is 0 Å². The number of fused-ring (bicyclic) bond motifs is 1. The first-order valence-electron chi connectivity index (χ1n) is 13.5. The molecule has 0 radical (unpaired) electrons. The Morgan fingerprint density at radius 2 is 1.64 bits per heavy atom. The molecule has 2 aliphatic rings. The van der Waals surface area contributed by atoms with Crippen molar-refractivity contribution in [2.45, 2.75) is 64.6 Å². The van der Waals surface area contributed by atoms with Gasteiger partial charge in [-0.05, 0) is 32.8 Å². The molecule has 2 aromatic carbocycles. The summed E-state index contributed by atoms with van der Waals surface area (Å²) in [5.41, 5.74) is 4.48. The van der Waals surface area contributed by atoms with Gasteiger partial charge in [-0.1, -0.05) is 67.8 Å². The third-order valence-electron chi connectivity index (χ3n) is 7.98. The highest BCUT2D eigenvalue weighted by Gasteiger charge is 2.30. The van der Waals surface area contributed by atoms with Gasteiger partial charge in [-0.3, -0.25) is 19.6 Å². The van der Waals surface area contributed by atoms with E-state index in [1.54, 1.807) is 0 Å². The number of benzene rings is 2. The van der Waals surface area contributed by atoms with Gasteiger partial charge in [-0.25, -0.2) is 10.8 Å². The van der Waals surface area contributed by atoms with Crippen molar-refractivity contribution < 1.29 is 4.79 Å². The van der Waals surface area contributed by atoms with Crippen molar-refractivity contribution >= 4 is 16.8 Å². The molecule has 36 heavy (non-hydrogen) atoms. The number of hydrogen-bond acceptors (Lipinski definition) is 5. The maximum atomic E-state index is 14.2. The van der Waals surface area contributed by atoms with Gasteiger partial charge in [0.05, 0.1) is 16.8 Å². The van der Waals surface area contributed by atoms with Crippen molar-refractivity contribution in [1.29, 1.82) is 0 Å². The molecule has 0 unspecified atom stereocenters. The summed E-state index contributed by atoms with van der Waals surface area (Å²) in [6, 6.07) is 18.9. The third kappa shape index (κ3) is 5.17. The summed E-state index contributed by atoms with van der Waals surface area (Å²) in [7, 11) is 0. The van der Waals surface area contributed by atoms with Gasteiger partial charge in [-0.2, -0.15) is 0 Å². The highest BCUT2D eigenvalue weighted by Crippen LogP contribution is 2.33. The number of nitrogens with zero attached hydrogens (tertiary/aromatic N) is 4. The number of piperazine rings is 1. The molecule has 1 aromatic heterocycles. The minimum Gasteiger partial charge on any atom is -0.298 e. The maximum absolute atomic E-state index is 14.2. The molecule has 6 heteroatoms. The second kappa shape index (κ2) is 11.1. The van der Waals surface area contributed by atoms with Gasteiger partial charge >= 0.3 is 0 Å². The fourth-order valence-corrected chi connectivity index (χ4v) is 5.80. The van der Waals surface area contributed by atoms with E-state index in [4.69, 9.17) is 10.8 Å². The summed E-state index contributed by atoms with van der Waals surface area (Å²) < 4.78 is 0. The average Bonchev–Trinajstić information content (AvgIpc) is 2.93. The summed E-state index contributed by atoms with van der Waals surface area (Å²) in [5, 5.41) is 2.43. The molecule has 1 aliphatic heterocycles. The number of hydrazine groups is 1. The third-order valence-corrected chi connectivity index (χ3v) is 7.98. The van der Waals surface area contributed by atoms with Crippen molar-refractivity contribution in [3.05, 3.63) is 65.7 Å². The molecule has 1 amide bonds. The molecule has 3 aromatic rings. The smallest absolute Gasteiger partial charge is 0.269 e. The fraction of sp³-hybridized carbons (Fsp3) is 0.467. The monoisotopic (exact) mass is 485 g/mol. The van der Waals surface area contributed by atoms with Crippen molar-refractivity contribution in [3.63, 3.8) is 0 Å². The van der Waals surface area contributed by atoms with E-state index in [0.717, 1.165) is 85.1 Å². The van der Waals surface area contributed by atoms with Gasteiger partial charge in [0.1, 0.15) is 0 Å². The van der Waals surface area contributed by atoms with Crippen LogP contribution in [0.1, 0.15) is 61.9 Å². The van der Waals surface area contributed by atoms with Crippen LogP contribution in [0, 0.1) is 0 Å². The van der Waals surface area contributed by atoms with Gasteiger partial charge < -0.3 is 0 Å². The van der Waals surface area contributed by atoms with E-state index in [0.29, 0.717) is 12.6 Å². The Bertz CT molecular complexity index is 1180. The van der Waals surface area contributed by atoms with Crippen LogP contribution in [0.25, 0.3) is 22.2 Å². The number of carbonyl (C=O) groups excluding carboxylic acids is 1. The van der Waals surface area contributed by atoms with Crippen LogP contribution in [0.4, 0.5) is 0 Å². The molecule has 1 aliphatic carbocycles. The van der Waals surface area contributed by atoms with Crippen LogP contribution in [-0.2, 0) is 6.54 Å². The van der Waals surface area contributed by atoms with E-state index < -0.39 is 0 Å². The first-order chi connectivity index (χ1) is 17.5. The van der Waals surface area contributed by atoms with Crippen molar-refractivity contribution in [2.75, 3.05) is 26.2 Å². The lowest BCUT2D eigenvalue weighted by Crippen LogP contribution is -2.49. The van der Waals surface area contributed by atoms with Gasteiger partial charge in [0.15, 0.2) is 0 Å². The van der Waals surface area contributed by atoms with Gasteiger partial charge in [-0.15, -0.1) is 0 Å². The summed E-state index contributed by atoms with van der Waals surface area (Å²) >= 11 is 0. The number of carbonyl (C=O) groups is 1. The van der Waals surface area contributed by atoms with Crippen LogP contribution < -0.4 is 5.84 Å². The number of amides is 1. The maximum Gasteiger partial charge on any atom is 0.269 e. The lowest BCUT2D eigenvalue weighted by Gasteiger charge is -2.37. The van der Waals surface area contributed by atoms with Gasteiger partial charge in [0.2, 0.25) is 0 Å². The van der Waals surface area contributed by atoms with E-state index in [2.05, 4.69) is 35.8 Å². The molecule has 0 spiro atoms. The summed E-state index contributed by atoms with van der Waals surface area (Å²) in [6.07, 6.45) is 5.44. The molecule has 5 rings (SSSR count). The minimum absolute atomic E-state index is 0.0755. The Labute approximate surface area is 215 Å². The molecule has 190 valence electrons. The van der Waals surface area contributed by atoms with Gasteiger partial charge in [0.25, 0.3) is 5.91 Å². The molecule has 6 nitrogen and oxygen atoms in total. The fourth-order valence-electron chi connectivity index (χ4n) is 5.80. The molecule has 0 bridgehead atoms. The average molecular weight is 486 g/mol. The molecule has 1 saturated heterocycles. The standard InChI is InChI=1S/C30H39N5O/c1-22(2)34-19-17-33(18-20-34)21-26-28(30(36)35(31)24-13-7-4-8-14-24)25-15-9-10-16-27(25)32-29(26)23-11-5-3-6-12-23/h3,5-6,9-12,15-16,22,24H,4,7-8,13-14,17-21,31H2,1-2H3. The van der Waals surface area contributed by atoms with E-state index in [-0.39, 0.29) is 11.9 Å². The summed E-state index contributed by atoms with van der Waals surface area (Å²) in [6.45, 7) is 9.22. The van der Waals surface area contributed by atoms with Crippen LogP contribution in [0.5, 0.6) is 0 Å². The number of rotatable bonds is 6. The topological polar surface area (TPSA) is 65.7 Å². The molecule has 2 heterocycles. The lowest BCUT2D eigenvalue weighted by molar-refractivity contribution is 0.0631. The Morgan fingerprint density at radius 3 is 2.33 bits per heavy atom. The number of pyridine rings is 1. The quantitative estimate of drug-likeness (QED) is 0.300. The van der Waals surface area contributed by atoms with E-state index >= 15 is 0 Å². The summed E-state index contributed by atoms with van der Waals surface area (Å²) in [4.78, 5) is 24.3. The predicted octanol–water partition coefficient (Wildman–Crippen LogP) is 5.08. The van der Waals surface area contributed by atoms with Crippen molar-refractivity contribution in [2.24, 2.45) is 5.84 Å². The normalized spacial score (nSPS) is 18.1. The van der Waals surface area contributed by atoms with E-state index in [1.165, 1.54) is 11.4 Å². The summed E-state index contributed by atoms with van der Waals surface area (Å²) in [5.74, 6) is 6.52. The second-order valence-corrected chi connectivity index (χ2v) is 10.6. The van der Waals surface area contributed by atoms with Crippen LogP contribution in [-0.4, -0.2) is 64.0 Å². The number of hydrogen-bond donors (Lipinski definition) is 1. The minimum atomic E-state index is -0.0755. The Kier molecular flexibility index (Phi) is 7.65. The lowest BCUT2D eigenvalue weighted by atomic mass is 9.92. The molecular weight excluding hydrogens is 446 g/mol. The number of nitrogens with two attached hydrogens (primary N) is 1. The first kappa shape index (κ1) is 24.9. The van der Waals surface area contributed by atoms with E-state index in [9.17, 15) is 4.79 Å². The number of aromatic nitrogens is 1. The van der Waals surface area contributed by atoms with Gasteiger partial charge in [0, 0.05) is 61.3 Å². The largest absolute Gasteiger partial charge is 0.298 e. The zero-order valence-corrected chi connectivity index (χ0v) is 21.7. The van der Waals surface area contributed by atoms with Crippen LogP contribution >= 0.6 is 0 Å². The van der Waals surface area contributed by atoms with Crippen LogP contribution in [0.15, 0.2) is 54.6 Å². The van der Waals surface area contributed by atoms with Crippen molar-refractivity contribution in [3.8, 4) is 11.3 Å². The Hall–Kier alpha value is -2.80. The SMILES string of the molecule is CC(C)N1CCN(Cc2c(-c3ccccc3)nc3ccccc3c2C(=O)N(N)C2CCCCC2)CC1. The van der Waals surface area contributed by atoms with Crippen molar-refractivity contribution in [1.82, 2.24) is 19.8 Å². The molecule has 2 fully saturated rings. The van der Waals surface area contributed by atoms with E-state index in [1.807, 2.05) is 42.5 Å². The first-order valence-corrected chi connectivity index (χ1v) is 13.5. The highest BCUT2D eigenvalue weighted by molar-refractivity contribution is 6.09. The number of para-hydroxylation sites is 1. The molecule has 2 N–H and O–H groups in total. The Morgan fingerprint density at radius 1 is 0.972 bits per heavy atom. The second-order valence-electron chi connectivity index (χ2n) is 10.6.